The number of rotatable bonds is 5. The summed E-state index contributed by atoms with van der Waals surface area (Å²) in [5.41, 5.74) is 11.2. The molecule has 2 nitrogen and oxygen atoms in total. The number of fused-ring (bicyclic) bond motifs is 4. The van der Waals surface area contributed by atoms with Crippen LogP contribution in [0.5, 0.6) is 0 Å². The monoisotopic (exact) mass is 604 g/mol. The van der Waals surface area contributed by atoms with Gasteiger partial charge in [0.1, 0.15) is 0 Å². The normalized spacial score (nSPS) is 14.7. The van der Waals surface area contributed by atoms with Crippen LogP contribution in [-0.2, 0) is 0 Å². The molecule has 0 amide bonds. The molecule has 6 aromatic carbocycles. The molecule has 6 aromatic rings. The van der Waals surface area contributed by atoms with E-state index in [1.807, 2.05) is 0 Å². The van der Waals surface area contributed by atoms with Gasteiger partial charge in [0.15, 0.2) is 0 Å². The molecular formula is C40H32N2S2. The number of hydrogen-bond acceptors (Lipinski definition) is 4. The van der Waals surface area contributed by atoms with E-state index in [0.29, 0.717) is 5.92 Å². The predicted molar refractivity (Wildman–Crippen MR) is 195 cm³/mol. The molecule has 8 rings (SSSR count). The maximum absolute atomic E-state index is 3.22. The maximum Gasteiger partial charge on any atom is 0.0537 e. The third-order valence-corrected chi connectivity index (χ3v) is 8.53. The third-order valence-electron chi connectivity index (χ3n) is 8.53. The van der Waals surface area contributed by atoms with Crippen LogP contribution in [-0.4, -0.2) is 0 Å². The minimum absolute atomic E-state index is 0.356. The van der Waals surface area contributed by atoms with E-state index in [-0.39, 0.29) is 0 Å². The van der Waals surface area contributed by atoms with E-state index < -0.39 is 0 Å². The van der Waals surface area contributed by atoms with Gasteiger partial charge in [0.25, 0.3) is 0 Å². The Morgan fingerprint density at radius 1 is 0.568 bits per heavy atom. The Bertz CT molecular complexity index is 1920. The molecule has 1 aliphatic heterocycles. The highest BCUT2D eigenvalue weighted by Gasteiger charge is 2.35. The summed E-state index contributed by atoms with van der Waals surface area (Å²) in [4.78, 5) is 4.79. The Hall–Kier alpha value is -4.64. The van der Waals surface area contributed by atoms with E-state index in [1.54, 1.807) is 0 Å². The van der Waals surface area contributed by atoms with Crippen molar-refractivity contribution in [3.8, 4) is 11.1 Å². The zero-order chi connectivity index (χ0) is 29.9. The van der Waals surface area contributed by atoms with Crippen LogP contribution >= 0.6 is 23.3 Å². The maximum atomic E-state index is 3.22. The lowest BCUT2D eigenvalue weighted by Crippen LogP contribution is -2.14. The van der Waals surface area contributed by atoms with Crippen molar-refractivity contribution in [2.45, 2.75) is 12.3 Å². The average molecular weight is 605 g/mol. The van der Waals surface area contributed by atoms with Crippen LogP contribution in [0.4, 0.5) is 28.4 Å². The second-order valence-electron chi connectivity index (χ2n) is 11.0. The Morgan fingerprint density at radius 2 is 1.18 bits per heavy atom. The van der Waals surface area contributed by atoms with Crippen molar-refractivity contribution in [2.24, 2.45) is 0 Å². The molecule has 0 aromatic heterocycles. The van der Waals surface area contributed by atoms with Crippen LogP contribution in [0, 0.1) is 0 Å². The Morgan fingerprint density at radius 3 is 1.91 bits per heavy atom. The first-order valence-electron chi connectivity index (χ1n) is 14.8. The van der Waals surface area contributed by atoms with Crippen molar-refractivity contribution in [2.75, 3.05) is 9.80 Å². The van der Waals surface area contributed by atoms with Gasteiger partial charge in [0.05, 0.1) is 5.69 Å². The van der Waals surface area contributed by atoms with Crippen molar-refractivity contribution in [1.82, 2.24) is 0 Å². The largest absolute Gasteiger partial charge is 0.313 e. The van der Waals surface area contributed by atoms with Crippen molar-refractivity contribution in [3.05, 3.63) is 175 Å². The van der Waals surface area contributed by atoms with E-state index >= 15 is 0 Å². The van der Waals surface area contributed by atoms with E-state index in [0.717, 1.165) is 23.5 Å². The van der Waals surface area contributed by atoms with Gasteiger partial charge in [-0.25, -0.2) is 0 Å². The van der Waals surface area contributed by atoms with E-state index in [4.69, 9.17) is 0 Å². The number of hydrogen-bond donors (Lipinski definition) is 2. The quantitative estimate of drug-likeness (QED) is 0.149. The summed E-state index contributed by atoms with van der Waals surface area (Å²) in [5, 5.41) is 2.55. The first kappa shape index (κ1) is 28.1. The number of anilines is 5. The summed E-state index contributed by atoms with van der Waals surface area (Å²) in [6.45, 7) is 0. The van der Waals surface area contributed by atoms with Gasteiger partial charge in [0.2, 0.25) is 0 Å². The van der Waals surface area contributed by atoms with Gasteiger partial charge in [0, 0.05) is 39.8 Å². The van der Waals surface area contributed by atoms with Crippen LogP contribution in [0.25, 0.3) is 21.9 Å². The van der Waals surface area contributed by atoms with Crippen LogP contribution in [0.3, 0.4) is 0 Å². The van der Waals surface area contributed by atoms with Gasteiger partial charge >= 0.3 is 0 Å². The molecule has 1 heterocycles. The molecule has 4 heteroatoms. The predicted octanol–water partition coefficient (Wildman–Crippen LogP) is 11.8. The van der Waals surface area contributed by atoms with Crippen molar-refractivity contribution in [3.63, 3.8) is 0 Å². The summed E-state index contributed by atoms with van der Waals surface area (Å²) in [5.74, 6) is 0.356. The SMILES string of the molecule is C1=CCC2C(=C1)N(c1cccc3ccccc13)c1ccc(-c3ccc(N(c4ccccc4)c4ccccc4)cc3)cc12.SS. The Labute approximate surface area is 269 Å². The molecule has 0 saturated carbocycles. The summed E-state index contributed by atoms with van der Waals surface area (Å²) < 4.78 is 0. The molecule has 1 aliphatic carbocycles. The van der Waals surface area contributed by atoms with Gasteiger partial charge in [-0.1, -0.05) is 103 Å². The van der Waals surface area contributed by atoms with Crippen LogP contribution in [0.15, 0.2) is 170 Å². The van der Waals surface area contributed by atoms with Crippen molar-refractivity contribution in [1.29, 1.82) is 0 Å². The van der Waals surface area contributed by atoms with Crippen LogP contribution in [0.1, 0.15) is 17.9 Å². The fourth-order valence-corrected chi connectivity index (χ4v) is 6.57. The van der Waals surface area contributed by atoms with E-state index in [2.05, 4.69) is 197 Å². The molecule has 0 N–H and O–H groups in total. The van der Waals surface area contributed by atoms with Gasteiger partial charge in [-0.15, -0.1) is 23.3 Å². The van der Waals surface area contributed by atoms with Crippen molar-refractivity contribution < 1.29 is 0 Å². The topological polar surface area (TPSA) is 6.48 Å². The van der Waals surface area contributed by atoms with Gasteiger partial charge < -0.3 is 9.80 Å². The molecule has 0 bridgehead atoms. The fraction of sp³-hybridized carbons (Fsp3) is 0.0500. The summed E-state index contributed by atoms with van der Waals surface area (Å²) in [6.07, 6.45) is 7.83. The van der Waals surface area contributed by atoms with Gasteiger partial charge in [-0.05, 0) is 89.2 Å². The zero-order valence-corrected chi connectivity index (χ0v) is 26.0. The molecule has 0 spiro atoms. The second kappa shape index (κ2) is 12.5. The summed E-state index contributed by atoms with van der Waals surface area (Å²) >= 11 is 6.44. The van der Waals surface area contributed by atoms with E-state index in [9.17, 15) is 0 Å². The minimum atomic E-state index is 0.356. The van der Waals surface area contributed by atoms with Crippen LogP contribution in [0.2, 0.25) is 0 Å². The highest BCUT2D eigenvalue weighted by Crippen LogP contribution is 2.52. The molecule has 214 valence electrons. The lowest BCUT2D eigenvalue weighted by atomic mass is 9.90. The first-order valence-corrected chi connectivity index (χ1v) is 16.4. The second-order valence-corrected chi connectivity index (χ2v) is 11.0. The molecule has 44 heavy (non-hydrogen) atoms. The number of para-hydroxylation sites is 2. The molecule has 0 radical (unpaired) electrons. The zero-order valence-electron chi connectivity index (χ0n) is 24.2. The average Bonchev–Trinajstić information content (AvgIpc) is 3.44. The number of thiol groups is 2. The van der Waals surface area contributed by atoms with Crippen LogP contribution < -0.4 is 9.80 Å². The molecule has 0 fully saturated rings. The number of allylic oxidation sites excluding steroid dienone is 4. The smallest absolute Gasteiger partial charge is 0.0537 e. The summed E-state index contributed by atoms with van der Waals surface area (Å²) in [6, 6.07) is 52.5. The number of nitrogens with zero attached hydrogens (tertiary/aromatic N) is 2. The molecule has 0 saturated heterocycles. The van der Waals surface area contributed by atoms with E-state index in [1.165, 1.54) is 44.5 Å². The highest BCUT2D eigenvalue weighted by molar-refractivity contribution is 8.59. The lowest BCUT2D eigenvalue weighted by Gasteiger charge is -2.26. The Balaban J connectivity index is 0.00000153. The standard InChI is InChI=1S/C40H30N2.H2S2/c1-3-14-32(15-4-1)41(33-16-5-2-6-17-33)34-25-22-29(23-26-34)31-24-27-40-37(28-31)36-19-9-10-20-39(36)42(40)38-21-11-13-30-12-7-8-18-35(30)38;1-2/h1-18,20-28,36H,19H2;1-2H. The third kappa shape index (κ3) is 5.11. The highest BCUT2D eigenvalue weighted by atomic mass is 33.1. The lowest BCUT2D eigenvalue weighted by molar-refractivity contribution is 0.820. The van der Waals surface area contributed by atoms with Gasteiger partial charge in [-0.2, -0.15) is 0 Å². The minimum Gasteiger partial charge on any atom is -0.313 e. The molecular weight excluding hydrogens is 573 g/mol. The Kier molecular flexibility index (Phi) is 8.02. The van der Waals surface area contributed by atoms with Gasteiger partial charge in [-0.3, -0.25) is 0 Å². The van der Waals surface area contributed by atoms with Crippen molar-refractivity contribution >= 4 is 62.5 Å². The fourth-order valence-electron chi connectivity index (χ4n) is 6.57. The first-order chi connectivity index (χ1) is 21.8. The molecule has 2 aliphatic rings. The summed E-state index contributed by atoms with van der Waals surface area (Å²) in [7, 11) is 0. The molecule has 1 unspecified atom stereocenters. The number of benzene rings is 6. The molecule has 1 atom stereocenters.